The molecule has 1 aromatic heterocycles. The van der Waals surface area contributed by atoms with Crippen LogP contribution >= 0.6 is 11.3 Å². The molecule has 1 N–H and O–H groups in total. The summed E-state index contributed by atoms with van der Waals surface area (Å²) in [5, 5.41) is 12.2. The highest BCUT2D eigenvalue weighted by Crippen LogP contribution is 2.39. The van der Waals surface area contributed by atoms with Gasteiger partial charge in [-0.1, -0.05) is 42.5 Å². The molecule has 0 fully saturated rings. The normalized spacial score (nSPS) is 15.1. The maximum absolute atomic E-state index is 13.0. The number of aromatic nitrogens is 1. The summed E-state index contributed by atoms with van der Waals surface area (Å²) in [6.07, 6.45) is -0.630. The Morgan fingerprint density at radius 2 is 1.88 bits per heavy atom. The third kappa shape index (κ3) is 4.10. The van der Waals surface area contributed by atoms with Crippen molar-refractivity contribution in [2.45, 2.75) is 19.6 Å². The Labute approximate surface area is 194 Å². The molecule has 1 aliphatic rings. The van der Waals surface area contributed by atoms with Crippen LogP contribution in [0.1, 0.15) is 22.8 Å². The number of anilines is 1. The number of thiazole rings is 1. The Morgan fingerprint density at radius 3 is 2.67 bits per heavy atom. The molecule has 3 aromatic carbocycles. The number of aromatic carboxylic acids is 1. The lowest BCUT2D eigenvalue weighted by atomic mass is 10.1. The average molecular weight is 457 g/mol. The Balaban J connectivity index is 1.51. The largest absolute Gasteiger partial charge is 0.479 e. The van der Waals surface area contributed by atoms with Crippen LogP contribution in [-0.4, -0.2) is 28.1 Å². The molecule has 4 aromatic rings. The van der Waals surface area contributed by atoms with E-state index in [4.69, 9.17) is 9.72 Å². The van der Waals surface area contributed by atoms with Gasteiger partial charge in [-0.2, -0.15) is 0 Å². The van der Waals surface area contributed by atoms with E-state index in [2.05, 4.69) is 0 Å². The molecule has 5 rings (SSSR count). The first-order valence-corrected chi connectivity index (χ1v) is 11.3. The lowest BCUT2D eigenvalue weighted by Crippen LogP contribution is -2.44. The van der Waals surface area contributed by atoms with Crippen molar-refractivity contribution in [3.05, 3.63) is 89.3 Å². The highest BCUT2D eigenvalue weighted by molar-refractivity contribution is 7.13. The Bertz CT molecular complexity index is 1350. The molecule has 0 radical (unpaired) electrons. The second kappa shape index (κ2) is 8.52. The minimum Gasteiger partial charge on any atom is -0.479 e. The van der Waals surface area contributed by atoms with Crippen molar-refractivity contribution in [1.29, 1.82) is 0 Å². The van der Waals surface area contributed by atoms with Gasteiger partial charge in [0.1, 0.15) is 10.8 Å². The van der Waals surface area contributed by atoms with E-state index in [-0.39, 0.29) is 18.0 Å². The first-order chi connectivity index (χ1) is 16.0. The zero-order chi connectivity index (χ0) is 22.9. The Kier molecular flexibility index (Phi) is 5.40. The van der Waals surface area contributed by atoms with Gasteiger partial charge in [-0.05, 0) is 42.8 Å². The molecule has 2 heterocycles. The van der Waals surface area contributed by atoms with Crippen molar-refractivity contribution in [2.24, 2.45) is 0 Å². The fourth-order valence-electron chi connectivity index (χ4n) is 3.83. The zero-order valence-corrected chi connectivity index (χ0v) is 18.6. The number of hydrogen-bond acceptors (Lipinski definition) is 5. The average Bonchev–Trinajstić information content (AvgIpc) is 3.33. The van der Waals surface area contributed by atoms with Crippen LogP contribution in [0.2, 0.25) is 0 Å². The summed E-state index contributed by atoms with van der Waals surface area (Å²) in [6.45, 7) is 1.96. The number of rotatable bonds is 5. The third-order valence-corrected chi connectivity index (χ3v) is 6.39. The number of carbonyl (C=O) groups is 2. The smallest absolute Gasteiger partial charge is 0.335 e. The fraction of sp³-hybridized carbons (Fsp3) is 0.115. The number of ether oxygens (including phenoxy) is 1. The highest BCUT2D eigenvalue weighted by atomic mass is 32.1. The standard InChI is InChI=1S/C26H20N2O4S/c1-16-25(29)28(14-17-6-5-9-20(12-17)26(30)31)22-13-19(10-11-23(22)32-16)21-15-33-24(27-21)18-7-3-2-4-8-18/h2-13,15-16H,14H2,1H3,(H,30,31). The SMILES string of the molecule is CC1Oc2ccc(-c3csc(-c4ccccc4)n3)cc2N(Cc2cccc(C(=O)O)c2)C1=O. The molecule has 33 heavy (non-hydrogen) atoms. The number of carboxylic acid groups (broad SMARTS) is 1. The van der Waals surface area contributed by atoms with Gasteiger partial charge >= 0.3 is 5.97 Å². The van der Waals surface area contributed by atoms with E-state index < -0.39 is 12.1 Å². The van der Waals surface area contributed by atoms with Crippen molar-refractivity contribution >= 4 is 28.9 Å². The van der Waals surface area contributed by atoms with E-state index in [9.17, 15) is 14.7 Å². The number of carboxylic acids is 1. The van der Waals surface area contributed by atoms with E-state index in [0.29, 0.717) is 11.4 Å². The van der Waals surface area contributed by atoms with Crippen molar-refractivity contribution in [3.8, 4) is 27.6 Å². The van der Waals surface area contributed by atoms with E-state index in [1.807, 2.05) is 60.0 Å². The van der Waals surface area contributed by atoms with Crippen LogP contribution in [0.25, 0.3) is 21.8 Å². The molecular formula is C26H20N2O4S. The number of nitrogens with zero attached hydrogens (tertiary/aromatic N) is 2. The number of hydrogen-bond donors (Lipinski definition) is 1. The summed E-state index contributed by atoms with van der Waals surface area (Å²) >= 11 is 1.57. The van der Waals surface area contributed by atoms with Gasteiger partial charge in [0.2, 0.25) is 0 Å². The van der Waals surface area contributed by atoms with Crippen LogP contribution in [0.4, 0.5) is 5.69 Å². The van der Waals surface area contributed by atoms with E-state index in [1.54, 1.807) is 35.3 Å². The van der Waals surface area contributed by atoms with E-state index in [1.165, 1.54) is 6.07 Å². The second-order valence-electron chi connectivity index (χ2n) is 7.78. The van der Waals surface area contributed by atoms with Crippen molar-refractivity contribution in [3.63, 3.8) is 0 Å². The lowest BCUT2D eigenvalue weighted by Gasteiger charge is -2.33. The molecule has 164 valence electrons. The molecule has 0 bridgehead atoms. The van der Waals surface area contributed by atoms with Crippen LogP contribution in [-0.2, 0) is 11.3 Å². The predicted octanol–water partition coefficient (Wildman–Crippen LogP) is 5.49. The predicted molar refractivity (Wildman–Crippen MR) is 128 cm³/mol. The second-order valence-corrected chi connectivity index (χ2v) is 8.63. The Hall–Kier alpha value is -3.97. The molecule has 0 saturated heterocycles. The fourth-order valence-corrected chi connectivity index (χ4v) is 4.67. The van der Waals surface area contributed by atoms with Crippen molar-refractivity contribution in [2.75, 3.05) is 4.90 Å². The van der Waals surface area contributed by atoms with Crippen LogP contribution in [0, 0.1) is 0 Å². The minimum atomic E-state index is -1.00. The van der Waals surface area contributed by atoms with Crippen LogP contribution in [0.15, 0.2) is 78.2 Å². The number of fused-ring (bicyclic) bond motifs is 1. The first kappa shape index (κ1) is 20.9. The summed E-state index contributed by atoms with van der Waals surface area (Å²) in [5.41, 5.74) is 4.31. The molecule has 6 nitrogen and oxygen atoms in total. The zero-order valence-electron chi connectivity index (χ0n) is 17.8. The number of benzene rings is 3. The molecule has 1 aliphatic heterocycles. The van der Waals surface area contributed by atoms with Gasteiger partial charge in [-0.3, -0.25) is 4.79 Å². The van der Waals surface area contributed by atoms with Gasteiger partial charge in [0.15, 0.2) is 6.10 Å². The maximum atomic E-state index is 13.0. The molecule has 0 aliphatic carbocycles. The highest BCUT2D eigenvalue weighted by Gasteiger charge is 2.32. The number of amides is 1. The monoisotopic (exact) mass is 456 g/mol. The number of carbonyl (C=O) groups excluding carboxylic acids is 1. The van der Waals surface area contributed by atoms with Crippen LogP contribution in [0.5, 0.6) is 5.75 Å². The third-order valence-electron chi connectivity index (χ3n) is 5.50. The molecular weight excluding hydrogens is 436 g/mol. The molecule has 1 unspecified atom stereocenters. The van der Waals surface area contributed by atoms with Gasteiger partial charge < -0.3 is 14.7 Å². The summed E-state index contributed by atoms with van der Waals surface area (Å²) in [4.78, 5) is 30.8. The van der Waals surface area contributed by atoms with E-state index in [0.717, 1.165) is 27.4 Å². The topological polar surface area (TPSA) is 79.7 Å². The van der Waals surface area contributed by atoms with Crippen LogP contribution in [0.3, 0.4) is 0 Å². The molecule has 0 saturated carbocycles. The molecule has 7 heteroatoms. The molecule has 0 spiro atoms. The summed E-state index contributed by atoms with van der Waals surface area (Å²) in [5.74, 6) is -0.568. The lowest BCUT2D eigenvalue weighted by molar-refractivity contribution is -0.125. The van der Waals surface area contributed by atoms with Crippen molar-refractivity contribution in [1.82, 2.24) is 4.98 Å². The maximum Gasteiger partial charge on any atom is 0.335 e. The minimum absolute atomic E-state index is 0.177. The first-order valence-electron chi connectivity index (χ1n) is 10.5. The van der Waals surface area contributed by atoms with Gasteiger partial charge in [0.25, 0.3) is 5.91 Å². The molecule has 1 amide bonds. The summed E-state index contributed by atoms with van der Waals surface area (Å²) < 4.78 is 5.84. The summed E-state index contributed by atoms with van der Waals surface area (Å²) in [7, 11) is 0. The van der Waals surface area contributed by atoms with Crippen molar-refractivity contribution < 1.29 is 19.4 Å². The molecule has 1 atom stereocenters. The Morgan fingerprint density at radius 1 is 1.06 bits per heavy atom. The van der Waals surface area contributed by atoms with Gasteiger partial charge in [0, 0.05) is 16.5 Å². The van der Waals surface area contributed by atoms with E-state index >= 15 is 0 Å². The van der Waals surface area contributed by atoms with Gasteiger partial charge in [0.05, 0.1) is 23.5 Å². The van der Waals surface area contributed by atoms with Crippen LogP contribution < -0.4 is 9.64 Å². The quantitative estimate of drug-likeness (QED) is 0.430. The van der Waals surface area contributed by atoms with Gasteiger partial charge in [-0.25, -0.2) is 9.78 Å². The van der Waals surface area contributed by atoms with Gasteiger partial charge in [-0.15, -0.1) is 11.3 Å². The summed E-state index contributed by atoms with van der Waals surface area (Å²) in [6, 6.07) is 22.3.